The fraction of sp³-hybridized carbons (Fsp3) is 0.667. The minimum atomic E-state index is -0.420. The maximum atomic E-state index is 10.2. The largest absolute Gasteiger partial charge is 0.491 e. The van der Waals surface area contributed by atoms with Crippen molar-refractivity contribution >= 4 is 0 Å². The summed E-state index contributed by atoms with van der Waals surface area (Å²) < 4.78 is 5.66. The summed E-state index contributed by atoms with van der Waals surface area (Å²) in [6, 6.07) is 7.97. The molecule has 1 atom stereocenters. The van der Waals surface area contributed by atoms with Crippen LogP contribution in [0.1, 0.15) is 18.4 Å². The predicted molar refractivity (Wildman–Crippen MR) is 88.3 cm³/mol. The van der Waals surface area contributed by atoms with Crippen LogP contribution in [0.4, 0.5) is 0 Å². The van der Waals surface area contributed by atoms with Gasteiger partial charge in [-0.05, 0) is 37.8 Å². The maximum Gasteiger partial charge on any atom is 0.119 e. The molecule has 1 saturated carbocycles. The van der Waals surface area contributed by atoms with Gasteiger partial charge in [0.15, 0.2) is 0 Å². The van der Waals surface area contributed by atoms with Crippen molar-refractivity contribution in [2.75, 3.05) is 45.9 Å². The smallest absolute Gasteiger partial charge is 0.119 e. The van der Waals surface area contributed by atoms with Crippen molar-refractivity contribution < 1.29 is 9.84 Å². The summed E-state index contributed by atoms with van der Waals surface area (Å²) in [6.45, 7) is 8.83. The van der Waals surface area contributed by atoms with Gasteiger partial charge in [0.25, 0.3) is 0 Å². The number of hydrogen-bond donors (Lipinski definition) is 1. The number of aliphatic hydroxyl groups is 1. The van der Waals surface area contributed by atoms with Crippen molar-refractivity contribution in [1.82, 2.24) is 9.80 Å². The van der Waals surface area contributed by atoms with Gasteiger partial charge in [0.1, 0.15) is 18.5 Å². The standard InChI is InChI=1S/C18H28N2O2/c1-15-2-6-18(7-3-15)22-14-17(21)13-20-10-8-19(9-11-20)12-16-4-5-16/h2-3,6-7,16-17,21H,4-5,8-14H2,1H3. The second-order valence-corrected chi connectivity index (χ2v) is 6.82. The van der Waals surface area contributed by atoms with Gasteiger partial charge in [0.05, 0.1) is 0 Å². The third-order valence-corrected chi connectivity index (χ3v) is 4.61. The quantitative estimate of drug-likeness (QED) is 0.833. The molecule has 3 rings (SSSR count). The number of aryl methyl sites for hydroxylation is 1. The molecular formula is C18H28N2O2. The number of nitrogens with zero attached hydrogens (tertiary/aromatic N) is 2. The van der Waals surface area contributed by atoms with Gasteiger partial charge in [-0.15, -0.1) is 0 Å². The van der Waals surface area contributed by atoms with Gasteiger partial charge in [-0.1, -0.05) is 17.7 Å². The fourth-order valence-electron chi connectivity index (χ4n) is 3.00. The topological polar surface area (TPSA) is 35.9 Å². The van der Waals surface area contributed by atoms with Crippen LogP contribution in [-0.4, -0.2) is 66.9 Å². The number of piperazine rings is 1. The van der Waals surface area contributed by atoms with E-state index >= 15 is 0 Å². The average Bonchev–Trinajstić information content (AvgIpc) is 3.33. The summed E-state index contributed by atoms with van der Waals surface area (Å²) in [4.78, 5) is 4.93. The van der Waals surface area contributed by atoms with Crippen molar-refractivity contribution in [1.29, 1.82) is 0 Å². The van der Waals surface area contributed by atoms with Crippen LogP contribution in [-0.2, 0) is 0 Å². The molecule has 1 unspecified atom stereocenters. The number of aliphatic hydroxyl groups excluding tert-OH is 1. The molecule has 0 aromatic heterocycles. The Bertz CT molecular complexity index is 451. The van der Waals surface area contributed by atoms with Crippen molar-refractivity contribution in [2.24, 2.45) is 5.92 Å². The highest BCUT2D eigenvalue weighted by atomic mass is 16.5. The lowest BCUT2D eigenvalue weighted by Crippen LogP contribution is -2.49. The van der Waals surface area contributed by atoms with Gasteiger partial charge in [-0.25, -0.2) is 0 Å². The lowest BCUT2D eigenvalue weighted by atomic mass is 10.2. The minimum Gasteiger partial charge on any atom is -0.491 e. The normalized spacial score (nSPS) is 21.7. The molecule has 2 fully saturated rings. The van der Waals surface area contributed by atoms with E-state index in [-0.39, 0.29) is 0 Å². The van der Waals surface area contributed by atoms with Crippen LogP contribution < -0.4 is 4.74 Å². The number of hydrogen-bond acceptors (Lipinski definition) is 4. The monoisotopic (exact) mass is 304 g/mol. The zero-order valence-corrected chi connectivity index (χ0v) is 13.6. The molecule has 4 heteroatoms. The molecule has 1 aliphatic carbocycles. The first-order valence-electron chi connectivity index (χ1n) is 8.51. The van der Waals surface area contributed by atoms with Crippen LogP contribution in [0.5, 0.6) is 5.75 Å². The van der Waals surface area contributed by atoms with Crippen LogP contribution >= 0.6 is 0 Å². The van der Waals surface area contributed by atoms with E-state index in [1.54, 1.807) is 0 Å². The zero-order chi connectivity index (χ0) is 15.4. The van der Waals surface area contributed by atoms with Crippen molar-refractivity contribution in [3.05, 3.63) is 29.8 Å². The molecule has 4 nitrogen and oxygen atoms in total. The average molecular weight is 304 g/mol. The van der Waals surface area contributed by atoms with E-state index in [4.69, 9.17) is 4.74 Å². The van der Waals surface area contributed by atoms with Crippen molar-refractivity contribution in [2.45, 2.75) is 25.9 Å². The van der Waals surface area contributed by atoms with E-state index in [1.165, 1.54) is 24.9 Å². The van der Waals surface area contributed by atoms with Gasteiger partial charge in [-0.2, -0.15) is 0 Å². The second kappa shape index (κ2) is 7.44. The summed E-state index contributed by atoms with van der Waals surface area (Å²) in [5.41, 5.74) is 1.22. The highest BCUT2D eigenvalue weighted by Crippen LogP contribution is 2.29. The Kier molecular flexibility index (Phi) is 5.34. The van der Waals surface area contributed by atoms with Crippen LogP contribution in [0.15, 0.2) is 24.3 Å². The highest BCUT2D eigenvalue weighted by Gasteiger charge is 2.26. The van der Waals surface area contributed by atoms with Gasteiger partial charge < -0.3 is 14.7 Å². The molecule has 1 aromatic carbocycles. The first-order valence-corrected chi connectivity index (χ1v) is 8.51. The van der Waals surface area contributed by atoms with E-state index in [2.05, 4.69) is 16.7 Å². The Morgan fingerprint density at radius 2 is 1.73 bits per heavy atom. The Labute approximate surface area is 133 Å². The number of ether oxygens (including phenoxy) is 1. The molecule has 1 aromatic rings. The number of benzene rings is 1. The maximum absolute atomic E-state index is 10.2. The van der Waals surface area contributed by atoms with E-state index in [0.717, 1.165) is 37.8 Å². The molecule has 0 amide bonds. The Hall–Kier alpha value is -1.10. The van der Waals surface area contributed by atoms with E-state index < -0.39 is 6.10 Å². The molecule has 122 valence electrons. The third-order valence-electron chi connectivity index (χ3n) is 4.61. The third kappa shape index (κ3) is 4.97. The molecule has 1 heterocycles. The Balaban J connectivity index is 1.33. The van der Waals surface area contributed by atoms with Gasteiger partial charge in [0.2, 0.25) is 0 Å². The summed E-state index contributed by atoms with van der Waals surface area (Å²) >= 11 is 0. The summed E-state index contributed by atoms with van der Waals surface area (Å²) in [7, 11) is 0. The van der Waals surface area contributed by atoms with Crippen molar-refractivity contribution in [3.63, 3.8) is 0 Å². The van der Waals surface area contributed by atoms with E-state index in [0.29, 0.717) is 13.2 Å². The molecule has 2 aliphatic rings. The molecule has 1 saturated heterocycles. The van der Waals surface area contributed by atoms with E-state index in [1.807, 2.05) is 24.3 Å². The van der Waals surface area contributed by atoms with Gasteiger partial charge in [0, 0.05) is 39.3 Å². The predicted octanol–water partition coefficient (Wildman–Crippen LogP) is 1.76. The molecule has 0 radical (unpaired) electrons. The molecule has 22 heavy (non-hydrogen) atoms. The first-order chi connectivity index (χ1) is 10.7. The lowest BCUT2D eigenvalue weighted by Gasteiger charge is -2.35. The van der Waals surface area contributed by atoms with Crippen LogP contribution in [0, 0.1) is 12.8 Å². The number of β-amino-alcohol motifs (C(OH)–C–C–N with tert-alkyl or cyclic N) is 1. The van der Waals surface area contributed by atoms with Crippen LogP contribution in [0.3, 0.4) is 0 Å². The van der Waals surface area contributed by atoms with Gasteiger partial charge in [-0.3, -0.25) is 4.90 Å². The van der Waals surface area contributed by atoms with Crippen molar-refractivity contribution in [3.8, 4) is 5.75 Å². The summed E-state index contributed by atoms with van der Waals surface area (Å²) in [5, 5.41) is 10.2. The van der Waals surface area contributed by atoms with E-state index in [9.17, 15) is 5.11 Å². The SMILES string of the molecule is Cc1ccc(OCC(O)CN2CCN(CC3CC3)CC2)cc1. The van der Waals surface area contributed by atoms with Gasteiger partial charge >= 0.3 is 0 Å². The second-order valence-electron chi connectivity index (χ2n) is 6.82. The molecule has 0 spiro atoms. The zero-order valence-electron chi connectivity index (χ0n) is 13.6. The highest BCUT2D eigenvalue weighted by molar-refractivity contribution is 5.26. The molecular weight excluding hydrogens is 276 g/mol. The van der Waals surface area contributed by atoms with Crippen LogP contribution in [0.2, 0.25) is 0 Å². The lowest BCUT2D eigenvalue weighted by molar-refractivity contribution is 0.0452. The Morgan fingerprint density at radius 1 is 1.09 bits per heavy atom. The number of rotatable bonds is 7. The fourth-order valence-corrected chi connectivity index (χ4v) is 3.00. The first kappa shape index (κ1) is 15.8. The van der Waals surface area contributed by atoms with Crippen LogP contribution in [0.25, 0.3) is 0 Å². The molecule has 0 bridgehead atoms. The summed E-state index contributed by atoms with van der Waals surface area (Å²) in [6.07, 6.45) is 2.43. The Morgan fingerprint density at radius 3 is 2.36 bits per heavy atom. The minimum absolute atomic E-state index is 0.366. The summed E-state index contributed by atoms with van der Waals surface area (Å²) in [5.74, 6) is 1.80. The molecule has 1 N–H and O–H groups in total. The molecule has 1 aliphatic heterocycles.